The Hall–Kier alpha value is -1.34. The summed E-state index contributed by atoms with van der Waals surface area (Å²) in [5.41, 5.74) is 0. The maximum absolute atomic E-state index is 11.7. The Morgan fingerprint density at radius 1 is 1.25 bits per heavy atom. The molecule has 1 fully saturated rings. The zero-order valence-electron chi connectivity index (χ0n) is 15.6. The van der Waals surface area contributed by atoms with Crippen molar-refractivity contribution in [2.45, 2.75) is 45.6 Å². The van der Waals surface area contributed by atoms with Crippen LogP contribution in [-0.4, -0.2) is 75.8 Å². The highest BCUT2D eigenvalue weighted by Gasteiger charge is 2.19. The molecule has 0 unspecified atom stereocenters. The molecule has 0 bridgehead atoms. The molecule has 1 saturated heterocycles. The third-order valence-corrected chi connectivity index (χ3v) is 4.11. The van der Waals surface area contributed by atoms with Crippen molar-refractivity contribution >= 4 is 11.9 Å². The van der Waals surface area contributed by atoms with Crippen LogP contribution in [-0.2, 0) is 9.53 Å². The Balaban J connectivity index is 2.34. The van der Waals surface area contributed by atoms with Crippen LogP contribution in [0.3, 0.4) is 0 Å². The number of methoxy groups -OCH3 is 1. The summed E-state index contributed by atoms with van der Waals surface area (Å²) in [5.74, 6) is 0.644. The van der Waals surface area contributed by atoms with Crippen molar-refractivity contribution in [3.05, 3.63) is 0 Å². The van der Waals surface area contributed by atoms with Crippen LogP contribution < -0.4 is 16.0 Å². The van der Waals surface area contributed by atoms with E-state index in [1.54, 1.807) is 7.11 Å². The summed E-state index contributed by atoms with van der Waals surface area (Å²) < 4.78 is 4.91. The van der Waals surface area contributed by atoms with E-state index in [-0.39, 0.29) is 12.5 Å². The van der Waals surface area contributed by atoms with Gasteiger partial charge < -0.3 is 25.6 Å². The number of likely N-dealkylation sites (tertiary alicyclic amines) is 1. The third-order valence-electron chi connectivity index (χ3n) is 4.11. The molecule has 7 heteroatoms. The number of nitrogens with zero attached hydrogens (tertiary/aromatic N) is 2. The number of guanidine groups is 1. The molecule has 24 heavy (non-hydrogen) atoms. The maximum atomic E-state index is 11.7. The first-order valence-corrected chi connectivity index (χ1v) is 9.22. The minimum absolute atomic E-state index is 0.0846. The average molecular weight is 342 g/mol. The van der Waals surface area contributed by atoms with Gasteiger partial charge in [0.2, 0.25) is 5.91 Å². The van der Waals surface area contributed by atoms with Crippen LogP contribution in [0.5, 0.6) is 0 Å². The van der Waals surface area contributed by atoms with E-state index in [9.17, 15) is 4.79 Å². The fourth-order valence-corrected chi connectivity index (χ4v) is 2.70. The largest absolute Gasteiger partial charge is 0.383 e. The molecule has 140 valence electrons. The lowest BCUT2D eigenvalue weighted by Gasteiger charge is -2.33. The second kappa shape index (κ2) is 13.0. The lowest BCUT2D eigenvalue weighted by Crippen LogP contribution is -2.49. The van der Waals surface area contributed by atoms with Crippen LogP contribution >= 0.6 is 0 Å². The lowest BCUT2D eigenvalue weighted by molar-refractivity contribution is -0.119. The lowest BCUT2D eigenvalue weighted by atomic mass is 10.0. The number of amides is 1. The topological polar surface area (TPSA) is 78.0 Å². The molecule has 1 heterocycles. The molecule has 0 aromatic carbocycles. The first-order valence-electron chi connectivity index (χ1n) is 9.22. The molecule has 1 aliphatic rings. The molecular formula is C17H35N5O2. The van der Waals surface area contributed by atoms with Gasteiger partial charge in [-0.2, -0.15) is 0 Å². The van der Waals surface area contributed by atoms with Gasteiger partial charge >= 0.3 is 0 Å². The molecule has 0 aliphatic carbocycles. The number of carbonyl (C=O) groups is 1. The van der Waals surface area contributed by atoms with E-state index in [4.69, 9.17) is 4.74 Å². The standard InChI is InChI=1S/C17H35N5O2/c1-4-6-10-22-11-7-15(8-12-22)21-17(18-5-2)20-14-16(23)19-9-13-24-3/h15H,4-14H2,1-3H3,(H,19,23)(H2,18,20,21). The number of hydrogen-bond donors (Lipinski definition) is 3. The number of unbranched alkanes of at least 4 members (excludes halogenated alkanes) is 1. The predicted molar refractivity (Wildman–Crippen MR) is 98.4 cm³/mol. The van der Waals surface area contributed by atoms with Gasteiger partial charge in [0.15, 0.2) is 5.96 Å². The van der Waals surface area contributed by atoms with E-state index in [0.717, 1.165) is 38.4 Å². The van der Waals surface area contributed by atoms with Gasteiger partial charge in [0.25, 0.3) is 0 Å². The first kappa shape index (κ1) is 20.7. The minimum Gasteiger partial charge on any atom is -0.383 e. The molecule has 1 amide bonds. The van der Waals surface area contributed by atoms with E-state index in [0.29, 0.717) is 19.2 Å². The monoisotopic (exact) mass is 341 g/mol. The van der Waals surface area contributed by atoms with Crippen molar-refractivity contribution in [2.24, 2.45) is 4.99 Å². The van der Waals surface area contributed by atoms with Gasteiger partial charge in [-0.05, 0) is 32.7 Å². The summed E-state index contributed by atoms with van der Waals surface area (Å²) in [6.45, 7) is 9.70. The number of nitrogens with one attached hydrogen (secondary N) is 3. The van der Waals surface area contributed by atoms with Gasteiger partial charge in [-0.3, -0.25) is 4.79 Å². The number of piperidine rings is 1. The molecule has 0 saturated carbocycles. The van der Waals surface area contributed by atoms with Gasteiger partial charge in [-0.15, -0.1) is 0 Å². The van der Waals surface area contributed by atoms with Gasteiger partial charge in [0.1, 0.15) is 6.54 Å². The predicted octanol–water partition coefficient (Wildman–Crippen LogP) is 0.569. The minimum atomic E-state index is -0.0846. The highest BCUT2D eigenvalue weighted by molar-refractivity contribution is 5.85. The molecule has 0 aromatic heterocycles. The zero-order valence-corrected chi connectivity index (χ0v) is 15.6. The first-order chi connectivity index (χ1) is 11.7. The fourth-order valence-electron chi connectivity index (χ4n) is 2.70. The summed E-state index contributed by atoms with van der Waals surface area (Å²) in [4.78, 5) is 18.6. The molecule has 0 radical (unpaired) electrons. The van der Waals surface area contributed by atoms with Gasteiger partial charge in [0, 0.05) is 39.3 Å². The third kappa shape index (κ3) is 9.08. The molecule has 1 aliphatic heterocycles. The quantitative estimate of drug-likeness (QED) is 0.308. The second-order valence-corrected chi connectivity index (χ2v) is 6.15. The van der Waals surface area contributed by atoms with Gasteiger partial charge in [-0.25, -0.2) is 4.99 Å². The van der Waals surface area contributed by atoms with Crippen molar-refractivity contribution in [1.82, 2.24) is 20.9 Å². The number of rotatable bonds is 10. The van der Waals surface area contributed by atoms with E-state index < -0.39 is 0 Å². The van der Waals surface area contributed by atoms with Crippen LogP contribution in [0.25, 0.3) is 0 Å². The summed E-state index contributed by atoms with van der Waals surface area (Å²) in [5, 5.41) is 9.46. The van der Waals surface area contributed by atoms with E-state index >= 15 is 0 Å². The van der Waals surface area contributed by atoms with Crippen LogP contribution in [0.4, 0.5) is 0 Å². The molecule has 0 atom stereocenters. The van der Waals surface area contributed by atoms with E-state index in [1.165, 1.54) is 19.4 Å². The van der Waals surface area contributed by atoms with Crippen LogP contribution in [0.2, 0.25) is 0 Å². The highest BCUT2D eigenvalue weighted by atomic mass is 16.5. The number of aliphatic imine (C=N–C) groups is 1. The Morgan fingerprint density at radius 2 is 2.00 bits per heavy atom. The van der Waals surface area contributed by atoms with E-state index in [1.807, 2.05) is 6.92 Å². The molecular weight excluding hydrogens is 306 g/mol. The maximum Gasteiger partial charge on any atom is 0.241 e. The average Bonchev–Trinajstić information content (AvgIpc) is 2.59. The summed E-state index contributed by atoms with van der Waals surface area (Å²) in [6, 6.07) is 0.428. The van der Waals surface area contributed by atoms with Crippen LogP contribution in [0.1, 0.15) is 39.5 Å². The zero-order chi connectivity index (χ0) is 17.6. The Bertz CT molecular complexity index is 368. The molecule has 7 nitrogen and oxygen atoms in total. The molecule has 1 rings (SSSR count). The van der Waals surface area contributed by atoms with E-state index in [2.05, 4.69) is 32.8 Å². The molecule has 0 spiro atoms. The second-order valence-electron chi connectivity index (χ2n) is 6.15. The van der Waals surface area contributed by atoms with Gasteiger partial charge in [-0.1, -0.05) is 13.3 Å². The highest BCUT2D eigenvalue weighted by Crippen LogP contribution is 2.11. The molecule has 3 N–H and O–H groups in total. The van der Waals surface area contributed by atoms with Crippen molar-refractivity contribution in [3.63, 3.8) is 0 Å². The SMILES string of the molecule is CCCCN1CCC(NC(=NCC(=O)NCCOC)NCC)CC1. The van der Waals surface area contributed by atoms with Crippen molar-refractivity contribution < 1.29 is 9.53 Å². The van der Waals surface area contributed by atoms with Crippen molar-refractivity contribution in [1.29, 1.82) is 0 Å². The summed E-state index contributed by atoms with van der Waals surface area (Å²) in [7, 11) is 1.62. The number of hydrogen-bond acceptors (Lipinski definition) is 4. The van der Waals surface area contributed by atoms with Gasteiger partial charge in [0.05, 0.1) is 6.61 Å². The summed E-state index contributed by atoms with van der Waals surface area (Å²) >= 11 is 0. The fraction of sp³-hybridized carbons (Fsp3) is 0.882. The number of carbonyl (C=O) groups excluding carboxylic acids is 1. The normalized spacial score (nSPS) is 16.9. The number of ether oxygens (including phenoxy) is 1. The van der Waals surface area contributed by atoms with Crippen LogP contribution in [0, 0.1) is 0 Å². The van der Waals surface area contributed by atoms with Crippen molar-refractivity contribution in [2.75, 3.05) is 53.0 Å². The Labute approximate surface area is 146 Å². The molecule has 0 aromatic rings. The van der Waals surface area contributed by atoms with Crippen molar-refractivity contribution in [3.8, 4) is 0 Å². The van der Waals surface area contributed by atoms with Crippen LogP contribution in [0.15, 0.2) is 4.99 Å². The summed E-state index contributed by atoms with van der Waals surface area (Å²) in [6.07, 6.45) is 4.77. The Morgan fingerprint density at radius 3 is 2.62 bits per heavy atom. The Kier molecular flexibility index (Phi) is 11.2. The smallest absolute Gasteiger partial charge is 0.241 e.